The largest absolute Gasteiger partial charge is 0.493 e. The number of methoxy groups -OCH3 is 3. The molecule has 2 atom stereocenters. The summed E-state index contributed by atoms with van der Waals surface area (Å²) in [5.41, 5.74) is 3.40. The number of carbonyl (C=O) groups is 1. The van der Waals surface area contributed by atoms with Crippen LogP contribution in [0.3, 0.4) is 0 Å². The number of amides is 1. The zero-order chi connectivity index (χ0) is 29.3. The molecule has 2 fully saturated rings. The molecule has 1 spiro atoms. The molecule has 3 aliphatic heterocycles. The highest BCUT2D eigenvalue weighted by atomic mass is 32.2. The standard InChI is InChI=1S/C33H38N2O6S/c1-38-28-19-25(20-29(39-2)30(28)40-3)31(36)35-22-32(41-23-35,26-10-5-4-6-11-26)13-16-34-17-14-33(15-18-34)27-12-8-7-9-24(27)21-42(33)37/h4-12,19-20H,13-18,21-23H2,1-3H3/t32-,42?/m0/s1. The first kappa shape index (κ1) is 28.7. The van der Waals surface area contributed by atoms with Crippen LogP contribution in [0, 0.1) is 0 Å². The third kappa shape index (κ3) is 4.97. The molecule has 0 aliphatic carbocycles. The van der Waals surface area contributed by atoms with Crippen LogP contribution in [0.4, 0.5) is 0 Å². The summed E-state index contributed by atoms with van der Waals surface area (Å²) in [5, 5.41) is 0. The molecule has 0 radical (unpaired) electrons. The number of hydrogen-bond acceptors (Lipinski definition) is 7. The van der Waals surface area contributed by atoms with Crippen LogP contribution in [0.15, 0.2) is 66.7 Å². The molecule has 0 N–H and O–H groups in total. The topological polar surface area (TPSA) is 77.5 Å². The van der Waals surface area contributed by atoms with Gasteiger partial charge in [0.05, 0.1) is 32.6 Å². The number of nitrogens with zero attached hydrogens (tertiary/aromatic N) is 2. The van der Waals surface area contributed by atoms with E-state index in [9.17, 15) is 9.00 Å². The fraction of sp³-hybridized carbons (Fsp3) is 0.424. The van der Waals surface area contributed by atoms with Gasteiger partial charge in [0, 0.05) is 28.7 Å². The second kappa shape index (κ2) is 11.7. The summed E-state index contributed by atoms with van der Waals surface area (Å²) < 4.78 is 36.0. The Labute approximate surface area is 250 Å². The van der Waals surface area contributed by atoms with Gasteiger partial charge in [-0.15, -0.1) is 0 Å². The van der Waals surface area contributed by atoms with Crippen molar-refractivity contribution < 1.29 is 28.0 Å². The normalized spacial score (nSPS) is 23.1. The van der Waals surface area contributed by atoms with Crippen molar-refractivity contribution in [2.24, 2.45) is 0 Å². The van der Waals surface area contributed by atoms with Crippen molar-refractivity contribution in [3.63, 3.8) is 0 Å². The van der Waals surface area contributed by atoms with Crippen molar-refractivity contribution in [1.29, 1.82) is 0 Å². The molecule has 9 heteroatoms. The molecule has 1 amide bonds. The fourth-order valence-corrected chi connectivity index (χ4v) is 8.69. The summed E-state index contributed by atoms with van der Waals surface area (Å²) in [7, 11) is 3.74. The van der Waals surface area contributed by atoms with E-state index in [1.54, 1.807) is 24.1 Å². The van der Waals surface area contributed by atoms with Gasteiger partial charge in [-0.2, -0.15) is 0 Å². The zero-order valence-corrected chi connectivity index (χ0v) is 25.3. The van der Waals surface area contributed by atoms with Gasteiger partial charge in [-0.25, -0.2) is 0 Å². The number of rotatable bonds is 8. The zero-order valence-electron chi connectivity index (χ0n) is 24.5. The third-order valence-corrected chi connectivity index (χ3v) is 11.2. The summed E-state index contributed by atoms with van der Waals surface area (Å²) >= 11 is 0. The molecular weight excluding hydrogens is 552 g/mol. The first-order valence-corrected chi connectivity index (χ1v) is 15.7. The van der Waals surface area contributed by atoms with Crippen molar-refractivity contribution in [3.05, 3.63) is 89.0 Å². The lowest BCUT2D eigenvalue weighted by atomic mass is 9.85. The molecule has 8 nitrogen and oxygen atoms in total. The summed E-state index contributed by atoms with van der Waals surface area (Å²) in [5.74, 6) is 1.82. The van der Waals surface area contributed by atoms with E-state index in [-0.39, 0.29) is 17.4 Å². The molecule has 0 saturated carbocycles. The van der Waals surface area contributed by atoms with Gasteiger partial charge in [0.15, 0.2) is 11.5 Å². The smallest absolute Gasteiger partial charge is 0.256 e. The van der Waals surface area contributed by atoms with Gasteiger partial charge in [0.25, 0.3) is 5.91 Å². The molecule has 1 unspecified atom stereocenters. The molecule has 222 valence electrons. The molecular formula is C33H38N2O6S. The van der Waals surface area contributed by atoms with Crippen LogP contribution in [0.25, 0.3) is 0 Å². The number of carbonyl (C=O) groups excluding carboxylic acids is 1. The van der Waals surface area contributed by atoms with E-state index in [1.165, 1.54) is 25.3 Å². The molecule has 3 heterocycles. The Morgan fingerprint density at radius 2 is 1.60 bits per heavy atom. The van der Waals surface area contributed by atoms with Gasteiger partial charge in [-0.1, -0.05) is 54.6 Å². The maximum Gasteiger partial charge on any atom is 0.256 e. The third-order valence-electron chi connectivity index (χ3n) is 9.17. The van der Waals surface area contributed by atoms with Crippen molar-refractivity contribution in [2.75, 3.05) is 54.2 Å². The van der Waals surface area contributed by atoms with Crippen molar-refractivity contribution in [3.8, 4) is 17.2 Å². The summed E-state index contributed by atoms with van der Waals surface area (Å²) in [4.78, 5) is 17.9. The molecule has 3 aromatic rings. The average molecular weight is 591 g/mol. The maximum atomic E-state index is 13.7. The Hall–Kier alpha value is -3.40. The van der Waals surface area contributed by atoms with Crippen LogP contribution in [0.2, 0.25) is 0 Å². The van der Waals surface area contributed by atoms with Crippen molar-refractivity contribution in [1.82, 2.24) is 9.80 Å². The van der Waals surface area contributed by atoms with Gasteiger partial charge in [-0.05, 0) is 61.2 Å². The monoisotopic (exact) mass is 590 g/mol. The van der Waals surface area contributed by atoms with Crippen molar-refractivity contribution >= 4 is 16.7 Å². The SMILES string of the molecule is COc1cc(C(=O)N2CO[C@](CCN3CCC4(CC3)c3ccccc3CS4=O)(c3ccccc3)C2)cc(OC)c1OC. The number of hydrogen-bond donors (Lipinski definition) is 0. The first-order valence-electron chi connectivity index (χ1n) is 14.4. The van der Waals surface area contributed by atoms with E-state index in [0.717, 1.165) is 44.5 Å². The van der Waals surface area contributed by atoms with Crippen molar-refractivity contribution in [2.45, 2.75) is 35.4 Å². The summed E-state index contributed by atoms with van der Waals surface area (Å²) in [6.07, 6.45) is 2.52. The Bertz CT molecular complexity index is 1450. The summed E-state index contributed by atoms with van der Waals surface area (Å²) in [6.45, 7) is 3.22. The molecule has 2 saturated heterocycles. The minimum atomic E-state index is -0.880. The van der Waals surface area contributed by atoms with E-state index in [0.29, 0.717) is 35.1 Å². The van der Waals surface area contributed by atoms with E-state index < -0.39 is 16.4 Å². The molecule has 6 rings (SSSR count). The Balaban J connectivity index is 1.18. The second-order valence-electron chi connectivity index (χ2n) is 11.3. The minimum Gasteiger partial charge on any atom is -0.493 e. The van der Waals surface area contributed by atoms with Crippen LogP contribution in [0.5, 0.6) is 17.2 Å². The van der Waals surface area contributed by atoms with Gasteiger partial charge >= 0.3 is 0 Å². The van der Waals surface area contributed by atoms with E-state index in [2.05, 4.69) is 35.2 Å². The highest BCUT2D eigenvalue weighted by Gasteiger charge is 2.48. The quantitative estimate of drug-likeness (QED) is 0.377. The lowest BCUT2D eigenvalue weighted by Gasteiger charge is -2.40. The van der Waals surface area contributed by atoms with Crippen LogP contribution in [-0.4, -0.2) is 74.2 Å². The number of ether oxygens (including phenoxy) is 4. The molecule has 42 heavy (non-hydrogen) atoms. The van der Waals surface area contributed by atoms with Crippen LogP contribution >= 0.6 is 0 Å². The highest BCUT2D eigenvalue weighted by Crippen LogP contribution is 2.47. The van der Waals surface area contributed by atoms with E-state index in [4.69, 9.17) is 18.9 Å². The first-order chi connectivity index (χ1) is 20.4. The van der Waals surface area contributed by atoms with Crippen LogP contribution in [0.1, 0.15) is 46.3 Å². The van der Waals surface area contributed by atoms with E-state index >= 15 is 0 Å². The number of piperidine rings is 1. The molecule has 0 aromatic heterocycles. The maximum absolute atomic E-state index is 13.7. The molecule has 3 aromatic carbocycles. The van der Waals surface area contributed by atoms with Gasteiger partial charge in [0.1, 0.15) is 12.3 Å². The number of likely N-dealkylation sites (tertiary alicyclic amines) is 1. The second-order valence-corrected chi connectivity index (χ2v) is 13.0. The Morgan fingerprint density at radius 3 is 2.26 bits per heavy atom. The molecule has 0 bridgehead atoms. The average Bonchev–Trinajstić information content (AvgIpc) is 3.60. The minimum absolute atomic E-state index is 0.158. The lowest BCUT2D eigenvalue weighted by Crippen LogP contribution is -2.45. The lowest BCUT2D eigenvalue weighted by molar-refractivity contribution is -0.0129. The summed E-state index contributed by atoms with van der Waals surface area (Å²) in [6, 6.07) is 22.0. The van der Waals surface area contributed by atoms with E-state index in [1.807, 2.05) is 24.3 Å². The predicted octanol–water partition coefficient (Wildman–Crippen LogP) is 4.68. The number of benzene rings is 3. The Morgan fingerprint density at radius 1 is 0.929 bits per heavy atom. The highest BCUT2D eigenvalue weighted by molar-refractivity contribution is 7.85. The van der Waals surface area contributed by atoms with Crippen LogP contribution < -0.4 is 14.2 Å². The van der Waals surface area contributed by atoms with Crippen LogP contribution in [-0.2, 0) is 31.6 Å². The number of fused-ring (bicyclic) bond motifs is 2. The van der Waals surface area contributed by atoms with Gasteiger partial charge < -0.3 is 28.7 Å². The predicted molar refractivity (Wildman–Crippen MR) is 161 cm³/mol. The van der Waals surface area contributed by atoms with Gasteiger partial charge in [-0.3, -0.25) is 9.00 Å². The van der Waals surface area contributed by atoms with Gasteiger partial charge in [0.2, 0.25) is 5.75 Å². The Kier molecular flexibility index (Phi) is 8.00. The molecule has 3 aliphatic rings. The fourth-order valence-electron chi connectivity index (χ4n) is 6.80.